The first-order chi connectivity index (χ1) is 17.0. The predicted octanol–water partition coefficient (Wildman–Crippen LogP) is 4.89. The summed E-state index contributed by atoms with van der Waals surface area (Å²) in [5, 5.41) is 10.4. The average Bonchev–Trinajstić information content (AvgIpc) is 3.36. The molecule has 8 heteroatoms. The third-order valence-corrected chi connectivity index (χ3v) is 6.76. The number of carboxylic acids is 1. The van der Waals surface area contributed by atoms with Gasteiger partial charge in [-0.1, -0.05) is 32.1 Å². The first-order valence-corrected chi connectivity index (χ1v) is 11.9. The van der Waals surface area contributed by atoms with Crippen LogP contribution in [0.3, 0.4) is 0 Å². The van der Waals surface area contributed by atoms with Crippen molar-refractivity contribution in [3.8, 4) is 28.7 Å². The van der Waals surface area contributed by atoms with Crippen molar-refractivity contribution in [2.45, 2.75) is 38.5 Å². The van der Waals surface area contributed by atoms with Gasteiger partial charge >= 0.3 is 5.97 Å². The van der Waals surface area contributed by atoms with Crippen molar-refractivity contribution in [3.63, 3.8) is 0 Å². The second kappa shape index (κ2) is 9.90. The molecule has 0 radical (unpaired) electrons. The number of Topliss-reactive ketones (excluding diaryl/α,β-unsaturated/α-hetero) is 1. The minimum atomic E-state index is -1.18. The topological polar surface area (TPSA) is 101 Å². The van der Waals surface area contributed by atoms with Gasteiger partial charge in [0.05, 0.1) is 12.7 Å². The van der Waals surface area contributed by atoms with Gasteiger partial charge in [-0.3, -0.25) is 4.79 Å². The van der Waals surface area contributed by atoms with Crippen molar-refractivity contribution < 1.29 is 38.4 Å². The summed E-state index contributed by atoms with van der Waals surface area (Å²) >= 11 is 0. The van der Waals surface area contributed by atoms with Crippen LogP contribution in [-0.4, -0.2) is 44.0 Å². The Labute approximate surface area is 203 Å². The molecule has 35 heavy (non-hydrogen) atoms. The molecule has 0 saturated heterocycles. The van der Waals surface area contributed by atoms with Gasteiger partial charge < -0.3 is 28.8 Å². The zero-order valence-corrected chi connectivity index (χ0v) is 19.6. The second-order valence-electron chi connectivity index (χ2n) is 8.97. The Morgan fingerprint density at radius 2 is 1.66 bits per heavy atom. The smallest absolute Gasteiger partial charge is 0.336 e. The Balaban J connectivity index is 1.63. The molecule has 0 amide bonds. The van der Waals surface area contributed by atoms with E-state index in [4.69, 9.17) is 23.7 Å². The lowest BCUT2D eigenvalue weighted by molar-refractivity contribution is -0.130. The summed E-state index contributed by atoms with van der Waals surface area (Å²) in [6.45, 7) is 0.862. The zero-order chi connectivity index (χ0) is 24.4. The number of carbonyl (C=O) groups is 2. The van der Waals surface area contributed by atoms with Gasteiger partial charge in [-0.15, -0.1) is 0 Å². The molecule has 0 spiro atoms. The van der Waals surface area contributed by atoms with E-state index in [1.807, 2.05) is 0 Å². The fourth-order valence-corrected chi connectivity index (χ4v) is 5.05. The van der Waals surface area contributed by atoms with E-state index in [-0.39, 0.29) is 29.6 Å². The summed E-state index contributed by atoms with van der Waals surface area (Å²) in [6.07, 6.45) is 5.64. The maximum atomic E-state index is 13.9. The van der Waals surface area contributed by atoms with E-state index in [0.29, 0.717) is 59.5 Å². The van der Waals surface area contributed by atoms with E-state index in [2.05, 4.69) is 0 Å². The molecule has 184 valence electrons. The molecule has 3 aliphatic rings. The molecule has 8 nitrogen and oxygen atoms in total. The minimum absolute atomic E-state index is 0.0202. The summed E-state index contributed by atoms with van der Waals surface area (Å²) < 4.78 is 27.7. The van der Waals surface area contributed by atoms with Crippen molar-refractivity contribution in [2.24, 2.45) is 5.92 Å². The Morgan fingerprint density at radius 3 is 2.40 bits per heavy atom. The first-order valence-electron chi connectivity index (χ1n) is 11.9. The average molecular weight is 481 g/mol. The number of hydrogen-bond acceptors (Lipinski definition) is 7. The Bertz CT molecular complexity index is 1180. The van der Waals surface area contributed by atoms with E-state index >= 15 is 0 Å². The normalized spacial score (nSPS) is 17.5. The molecule has 0 atom stereocenters. The number of benzene rings is 2. The largest absolute Gasteiger partial charge is 0.493 e. The van der Waals surface area contributed by atoms with Gasteiger partial charge in [-0.2, -0.15) is 0 Å². The molecule has 2 aromatic rings. The number of aliphatic carboxylic acids is 1. The third kappa shape index (κ3) is 4.65. The molecule has 2 aliphatic heterocycles. The number of carbonyl (C=O) groups excluding carboxylic acids is 1. The Morgan fingerprint density at radius 1 is 0.914 bits per heavy atom. The number of rotatable bonds is 7. The van der Waals surface area contributed by atoms with Crippen molar-refractivity contribution in [1.29, 1.82) is 0 Å². The van der Waals surface area contributed by atoms with Crippen molar-refractivity contribution in [2.75, 3.05) is 27.1 Å². The van der Waals surface area contributed by atoms with E-state index in [1.165, 1.54) is 7.11 Å². The molecule has 2 aromatic carbocycles. The number of hydrogen-bond donors (Lipinski definition) is 1. The lowest BCUT2D eigenvalue weighted by Crippen LogP contribution is -2.18. The molecule has 0 unspecified atom stereocenters. The van der Waals surface area contributed by atoms with Crippen LogP contribution in [0, 0.1) is 5.92 Å². The third-order valence-electron chi connectivity index (χ3n) is 6.76. The van der Waals surface area contributed by atoms with Gasteiger partial charge in [-0.25, -0.2) is 4.79 Å². The maximum absolute atomic E-state index is 13.9. The molecule has 1 fully saturated rings. The standard InChI is InChI=1S/C27H28O8/c1-31-22-13-18(14-23-26(22)35-15-34-23)24(27(29)30)19(11-16-5-3-2-4-6-16)25(28)17-7-8-20-21(12-17)33-10-9-32-20/h7-8,12-14,16H,2-6,9-11,15H2,1H3,(H,29,30)/b24-19+. The highest BCUT2D eigenvalue weighted by atomic mass is 16.7. The van der Waals surface area contributed by atoms with Gasteiger partial charge in [0.1, 0.15) is 13.2 Å². The minimum Gasteiger partial charge on any atom is -0.493 e. The van der Waals surface area contributed by atoms with Crippen molar-refractivity contribution in [1.82, 2.24) is 0 Å². The van der Waals surface area contributed by atoms with Gasteiger partial charge in [0.2, 0.25) is 12.5 Å². The molecule has 1 saturated carbocycles. The van der Waals surface area contributed by atoms with Crippen LogP contribution in [0.1, 0.15) is 54.4 Å². The SMILES string of the molecule is COc1cc(/C(C(=O)O)=C(/CC2CCCCC2)C(=O)c2ccc3c(c2)OCCO3)cc2c1OCO2. The monoisotopic (exact) mass is 480 g/mol. The fraction of sp³-hybridized carbons (Fsp3) is 0.407. The highest BCUT2D eigenvalue weighted by Crippen LogP contribution is 2.44. The molecule has 1 aliphatic carbocycles. The second-order valence-corrected chi connectivity index (χ2v) is 8.97. The number of fused-ring (bicyclic) bond motifs is 2. The van der Waals surface area contributed by atoms with Gasteiger partial charge in [0, 0.05) is 11.1 Å². The highest BCUT2D eigenvalue weighted by molar-refractivity contribution is 6.26. The molecule has 1 N–H and O–H groups in total. The van der Waals surface area contributed by atoms with Crippen LogP contribution < -0.4 is 23.7 Å². The molecule has 2 heterocycles. The summed E-state index contributed by atoms with van der Waals surface area (Å²) in [7, 11) is 1.48. The van der Waals surface area contributed by atoms with Crippen LogP contribution >= 0.6 is 0 Å². The maximum Gasteiger partial charge on any atom is 0.336 e. The summed E-state index contributed by atoms with van der Waals surface area (Å²) in [5.74, 6) is 0.965. The Kier molecular flexibility index (Phi) is 6.53. The van der Waals surface area contributed by atoms with E-state index in [0.717, 1.165) is 32.1 Å². The molecular formula is C27H28O8. The number of carboxylic acid groups (broad SMARTS) is 1. The predicted molar refractivity (Wildman–Crippen MR) is 127 cm³/mol. The number of methoxy groups -OCH3 is 1. The summed E-state index contributed by atoms with van der Waals surface area (Å²) in [6, 6.07) is 8.19. The van der Waals surface area contributed by atoms with E-state index < -0.39 is 5.97 Å². The molecule has 0 aromatic heterocycles. The van der Waals surface area contributed by atoms with Crippen molar-refractivity contribution in [3.05, 3.63) is 47.0 Å². The number of ether oxygens (including phenoxy) is 5. The zero-order valence-electron chi connectivity index (χ0n) is 19.6. The van der Waals surface area contributed by atoms with Crippen LogP contribution in [0.2, 0.25) is 0 Å². The number of ketones is 1. The van der Waals surface area contributed by atoms with E-state index in [1.54, 1.807) is 30.3 Å². The molecule has 5 rings (SSSR count). The van der Waals surface area contributed by atoms with Crippen LogP contribution in [0.5, 0.6) is 28.7 Å². The first kappa shape index (κ1) is 23.1. The van der Waals surface area contributed by atoms with Crippen LogP contribution in [0.15, 0.2) is 35.9 Å². The summed E-state index contributed by atoms with van der Waals surface area (Å²) in [5.41, 5.74) is 0.927. The lowest BCUT2D eigenvalue weighted by Gasteiger charge is -2.24. The fourth-order valence-electron chi connectivity index (χ4n) is 5.05. The van der Waals surface area contributed by atoms with E-state index in [9.17, 15) is 14.7 Å². The Hall–Kier alpha value is -3.68. The highest BCUT2D eigenvalue weighted by Gasteiger charge is 2.30. The number of allylic oxidation sites excluding steroid dienone is 1. The quantitative estimate of drug-likeness (QED) is 0.442. The summed E-state index contributed by atoms with van der Waals surface area (Å²) in [4.78, 5) is 26.6. The van der Waals surface area contributed by atoms with Crippen LogP contribution in [0.4, 0.5) is 0 Å². The van der Waals surface area contributed by atoms with Gasteiger partial charge in [0.25, 0.3) is 0 Å². The van der Waals surface area contributed by atoms with Gasteiger partial charge in [-0.05, 0) is 48.2 Å². The van der Waals surface area contributed by atoms with Crippen LogP contribution in [-0.2, 0) is 4.79 Å². The van der Waals surface area contributed by atoms with Crippen LogP contribution in [0.25, 0.3) is 5.57 Å². The van der Waals surface area contributed by atoms with Crippen molar-refractivity contribution >= 4 is 17.3 Å². The lowest BCUT2D eigenvalue weighted by atomic mass is 9.80. The molecular weight excluding hydrogens is 452 g/mol. The van der Waals surface area contributed by atoms with Gasteiger partial charge in [0.15, 0.2) is 28.8 Å². The molecule has 0 bridgehead atoms.